The summed E-state index contributed by atoms with van der Waals surface area (Å²) >= 11 is 0. The van der Waals surface area contributed by atoms with Crippen LogP contribution in [-0.4, -0.2) is 18.4 Å². The Hall–Kier alpha value is -1.12. The van der Waals surface area contributed by atoms with E-state index in [9.17, 15) is 9.59 Å². The Morgan fingerprint density at radius 1 is 1.29 bits per heavy atom. The highest BCUT2D eigenvalue weighted by molar-refractivity contribution is 6.08. The van der Waals surface area contributed by atoms with Crippen molar-refractivity contribution < 1.29 is 14.3 Å². The first-order valence-corrected chi connectivity index (χ1v) is 6.26. The van der Waals surface area contributed by atoms with E-state index < -0.39 is 16.2 Å². The van der Waals surface area contributed by atoms with Crippen molar-refractivity contribution in [2.24, 2.45) is 28.1 Å². The molecular weight excluding hydrogens is 216 g/mol. The van der Waals surface area contributed by atoms with Gasteiger partial charge in [0.05, 0.1) is 17.4 Å². The lowest BCUT2D eigenvalue weighted by Crippen LogP contribution is -2.34. The molecule has 0 bridgehead atoms. The van der Waals surface area contributed by atoms with Crippen LogP contribution in [0.3, 0.4) is 0 Å². The van der Waals surface area contributed by atoms with Crippen LogP contribution in [0, 0.1) is 28.1 Å². The monoisotopic (exact) mass is 234 g/mol. The van der Waals surface area contributed by atoms with E-state index in [0.29, 0.717) is 6.61 Å². The number of carbonyl (C=O) groups excluding carboxylic acids is 2. The molecule has 0 radical (unpaired) electrons. The van der Waals surface area contributed by atoms with E-state index in [1.165, 1.54) is 0 Å². The van der Waals surface area contributed by atoms with Crippen LogP contribution in [-0.2, 0) is 14.3 Å². The summed E-state index contributed by atoms with van der Waals surface area (Å²) in [6.45, 7) is 8.02. The fourth-order valence-corrected chi connectivity index (χ4v) is 4.58. The Labute approximate surface area is 101 Å². The molecule has 3 aliphatic carbocycles. The van der Waals surface area contributed by atoms with Gasteiger partial charge in [-0.2, -0.15) is 0 Å². The Balaban J connectivity index is 2.11. The van der Waals surface area contributed by atoms with Gasteiger partial charge < -0.3 is 4.74 Å². The van der Waals surface area contributed by atoms with Crippen LogP contribution in [0.4, 0.5) is 0 Å². The third-order valence-corrected chi connectivity index (χ3v) is 5.32. The topological polar surface area (TPSA) is 43.4 Å². The van der Waals surface area contributed by atoms with Gasteiger partial charge in [-0.3, -0.25) is 9.59 Å². The van der Waals surface area contributed by atoms with Gasteiger partial charge >= 0.3 is 5.97 Å². The van der Waals surface area contributed by atoms with Gasteiger partial charge in [0.25, 0.3) is 0 Å². The van der Waals surface area contributed by atoms with Gasteiger partial charge in [0.2, 0.25) is 0 Å². The zero-order valence-corrected chi connectivity index (χ0v) is 10.7. The lowest BCUT2D eigenvalue weighted by Gasteiger charge is -2.28. The van der Waals surface area contributed by atoms with E-state index in [2.05, 4.69) is 0 Å². The molecule has 0 aromatic heterocycles. The molecule has 4 unspecified atom stereocenters. The van der Waals surface area contributed by atoms with Crippen molar-refractivity contribution in [3.05, 3.63) is 12.2 Å². The Kier molecular flexibility index (Phi) is 1.72. The normalized spacial score (nSPS) is 48.1. The molecule has 3 rings (SSSR count). The summed E-state index contributed by atoms with van der Waals surface area (Å²) in [5.41, 5.74) is -1.53. The summed E-state index contributed by atoms with van der Waals surface area (Å²) in [5.74, 6) is 0.121. The molecule has 4 atom stereocenters. The van der Waals surface area contributed by atoms with Crippen molar-refractivity contribution in [1.29, 1.82) is 0 Å². The van der Waals surface area contributed by atoms with E-state index >= 15 is 0 Å². The lowest BCUT2D eigenvalue weighted by molar-refractivity contribution is -0.153. The predicted octanol–water partition coefficient (Wildman–Crippen LogP) is 1.97. The Morgan fingerprint density at radius 2 is 1.88 bits per heavy atom. The molecular formula is C14H18O3. The largest absolute Gasteiger partial charge is 0.466 e. The Bertz CT molecular complexity index is 462. The van der Waals surface area contributed by atoms with E-state index in [0.717, 1.165) is 0 Å². The van der Waals surface area contributed by atoms with Crippen LogP contribution in [0.2, 0.25) is 0 Å². The van der Waals surface area contributed by atoms with Crippen molar-refractivity contribution in [1.82, 2.24) is 0 Å². The Morgan fingerprint density at radius 3 is 2.41 bits per heavy atom. The standard InChI is InChI=1S/C14H18O3/c1-5-17-11(16)14-8-6-7-9(14)13(14,4)10(15)12(8,2)3/h6-9H,5H2,1-4H3. The summed E-state index contributed by atoms with van der Waals surface area (Å²) < 4.78 is 5.23. The minimum Gasteiger partial charge on any atom is -0.466 e. The predicted molar refractivity (Wildman–Crippen MR) is 62.1 cm³/mol. The molecule has 2 saturated carbocycles. The summed E-state index contributed by atoms with van der Waals surface area (Å²) in [5, 5.41) is 0. The van der Waals surface area contributed by atoms with E-state index in [1.54, 1.807) is 0 Å². The minimum absolute atomic E-state index is 0.0107. The van der Waals surface area contributed by atoms with Crippen LogP contribution in [0.5, 0.6) is 0 Å². The molecule has 0 amide bonds. The third kappa shape index (κ3) is 0.791. The quantitative estimate of drug-likeness (QED) is 0.542. The molecule has 3 nitrogen and oxygen atoms in total. The molecule has 17 heavy (non-hydrogen) atoms. The SMILES string of the molecule is CCOC(=O)C12C3C=CC1C2(C)C(=O)C3(C)C. The first-order valence-electron chi connectivity index (χ1n) is 6.26. The molecule has 0 aliphatic heterocycles. The zero-order valence-electron chi connectivity index (χ0n) is 10.7. The second-order valence-corrected chi connectivity index (χ2v) is 6.18. The van der Waals surface area contributed by atoms with E-state index in [1.807, 2.05) is 39.8 Å². The van der Waals surface area contributed by atoms with Crippen molar-refractivity contribution in [3.8, 4) is 0 Å². The maximum atomic E-state index is 12.5. The molecule has 3 aliphatic rings. The smallest absolute Gasteiger partial charge is 0.314 e. The highest BCUT2D eigenvalue weighted by atomic mass is 16.5. The fourth-order valence-electron chi connectivity index (χ4n) is 4.58. The molecule has 0 N–H and O–H groups in total. The van der Waals surface area contributed by atoms with Crippen LogP contribution in [0.15, 0.2) is 12.2 Å². The number of esters is 1. The second-order valence-electron chi connectivity index (χ2n) is 6.18. The van der Waals surface area contributed by atoms with Crippen molar-refractivity contribution >= 4 is 11.8 Å². The van der Waals surface area contributed by atoms with Gasteiger partial charge in [-0.25, -0.2) is 0 Å². The molecule has 0 heterocycles. The molecule has 0 aromatic carbocycles. The van der Waals surface area contributed by atoms with Gasteiger partial charge in [0, 0.05) is 17.3 Å². The maximum absolute atomic E-state index is 12.5. The zero-order chi connectivity index (χ0) is 12.6. The van der Waals surface area contributed by atoms with Crippen LogP contribution < -0.4 is 0 Å². The van der Waals surface area contributed by atoms with Crippen molar-refractivity contribution in [2.75, 3.05) is 6.61 Å². The molecule has 0 spiro atoms. The summed E-state index contributed by atoms with van der Waals surface area (Å²) in [6.07, 6.45) is 4.10. The second kappa shape index (κ2) is 2.65. The number of ketones is 1. The van der Waals surface area contributed by atoms with Crippen LogP contribution in [0.25, 0.3) is 0 Å². The maximum Gasteiger partial charge on any atom is 0.314 e. The first kappa shape index (κ1) is 11.0. The molecule has 2 fully saturated rings. The summed E-state index contributed by atoms with van der Waals surface area (Å²) in [6, 6.07) is 0. The number of carbonyl (C=O) groups is 2. The number of ether oxygens (including phenoxy) is 1. The van der Waals surface area contributed by atoms with Gasteiger partial charge in [-0.05, 0) is 6.92 Å². The number of hydrogen-bond donors (Lipinski definition) is 0. The molecule has 92 valence electrons. The van der Waals surface area contributed by atoms with Gasteiger partial charge in [-0.15, -0.1) is 0 Å². The van der Waals surface area contributed by atoms with Crippen molar-refractivity contribution in [2.45, 2.75) is 27.7 Å². The van der Waals surface area contributed by atoms with Crippen LogP contribution in [0.1, 0.15) is 27.7 Å². The van der Waals surface area contributed by atoms with Crippen molar-refractivity contribution in [3.63, 3.8) is 0 Å². The summed E-state index contributed by atoms with van der Waals surface area (Å²) in [4.78, 5) is 24.8. The highest BCUT2D eigenvalue weighted by Crippen LogP contribution is 2.85. The average molecular weight is 234 g/mol. The average Bonchev–Trinajstić information content (AvgIpc) is 2.60. The molecule has 0 aromatic rings. The number of fused-ring (bicyclic) bond motifs is 1. The first-order chi connectivity index (χ1) is 7.86. The minimum atomic E-state index is -0.580. The van der Waals surface area contributed by atoms with Crippen LogP contribution >= 0.6 is 0 Å². The van der Waals surface area contributed by atoms with Gasteiger partial charge in [0.1, 0.15) is 5.78 Å². The van der Waals surface area contributed by atoms with E-state index in [-0.39, 0.29) is 23.6 Å². The molecule has 0 saturated heterocycles. The lowest BCUT2D eigenvalue weighted by atomic mass is 9.74. The molecule has 3 heteroatoms. The number of allylic oxidation sites excluding steroid dienone is 2. The third-order valence-electron chi connectivity index (χ3n) is 5.32. The summed E-state index contributed by atoms with van der Waals surface area (Å²) in [7, 11) is 0. The number of hydrogen-bond acceptors (Lipinski definition) is 3. The fraction of sp³-hybridized carbons (Fsp3) is 0.714. The van der Waals surface area contributed by atoms with Gasteiger partial charge in [-0.1, -0.05) is 32.9 Å². The highest BCUT2D eigenvalue weighted by Gasteiger charge is 2.92. The van der Waals surface area contributed by atoms with Gasteiger partial charge in [0.15, 0.2) is 0 Å². The number of Topliss-reactive ketones (excluding diaryl/α,β-unsaturated/α-hetero) is 1. The van der Waals surface area contributed by atoms with E-state index in [4.69, 9.17) is 4.74 Å². The number of rotatable bonds is 2.